The molecule has 0 spiro atoms. The van der Waals surface area contributed by atoms with E-state index in [9.17, 15) is 9.59 Å². The highest BCUT2D eigenvalue weighted by Crippen LogP contribution is 2.34. The third kappa shape index (κ3) is 1.82. The number of rotatable bonds is 4. The lowest BCUT2D eigenvalue weighted by atomic mass is 9.79. The average Bonchev–Trinajstić information content (AvgIpc) is 2.27. The van der Waals surface area contributed by atoms with Crippen molar-refractivity contribution in [1.82, 2.24) is 0 Å². The van der Waals surface area contributed by atoms with Crippen LogP contribution in [-0.4, -0.2) is 22.2 Å². The molecule has 0 radical (unpaired) electrons. The summed E-state index contributed by atoms with van der Waals surface area (Å²) in [6.45, 7) is 4.71. The van der Waals surface area contributed by atoms with Crippen LogP contribution in [0, 0.1) is 5.41 Å². The number of hydrogen-bond acceptors (Lipinski definition) is 2. The molecule has 0 saturated heterocycles. The van der Waals surface area contributed by atoms with Crippen molar-refractivity contribution in [3.8, 4) is 0 Å². The molecular formula is C12H12O4. The minimum atomic E-state index is -2.00. The van der Waals surface area contributed by atoms with Gasteiger partial charge in [-0.25, -0.2) is 0 Å². The molecule has 0 fully saturated rings. The lowest BCUT2D eigenvalue weighted by Gasteiger charge is -2.22. The fraction of sp³-hybridized carbons (Fsp3) is 0.167. The van der Waals surface area contributed by atoms with E-state index in [0.29, 0.717) is 5.56 Å². The maximum Gasteiger partial charge on any atom is 0.325 e. The van der Waals surface area contributed by atoms with Gasteiger partial charge in [0.15, 0.2) is 5.41 Å². The van der Waals surface area contributed by atoms with Crippen molar-refractivity contribution < 1.29 is 19.8 Å². The van der Waals surface area contributed by atoms with Crippen molar-refractivity contribution >= 4 is 17.5 Å². The Bertz CT molecular complexity index is 420. The van der Waals surface area contributed by atoms with Crippen molar-refractivity contribution in [2.75, 3.05) is 0 Å². The summed E-state index contributed by atoms with van der Waals surface area (Å²) in [7, 11) is 0. The van der Waals surface area contributed by atoms with Gasteiger partial charge in [-0.3, -0.25) is 9.59 Å². The zero-order chi connectivity index (χ0) is 12.3. The maximum absolute atomic E-state index is 11.0. The number of benzene rings is 1. The molecule has 0 atom stereocenters. The van der Waals surface area contributed by atoms with E-state index >= 15 is 0 Å². The largest absolute Gasteiger partial charge is 0.480 e. The molecule has 0 amide bonds. The second-order valence-electron chi connectivity index (χ2n) is 3.58. The van der Waals surface area contributed by atoms with Crippen LogP contribution in [0.4, 0.5) is 0 Å². The predicted octanol–water partition coefficient (Wildman–Crippen LogP) is 1.88. The summed E-state index contributed by atoms with van der Waals surface area (Å²) in [6, 6.07) is 8.42. The summed E-state index contributed by atoms with van der Waals surface area (Å²) in [5.74, 6) is -2.84. The summed E-state index contributed by atoms with van der Waals surface area (Å²) in [5.41, 5.74) is -1.43. The third-order valence-corrected chi connectivity index (χ3v) is 2.58. The molecule has 0 bridgehead atoms. The van der Waals surface area contributed by atoms with Crippen molar-refractivity contribution in [3.63, 3.8) is 0 Å². The Morgan fingerprint density at radius 3 is 1.94 bits per heavy atom. The Kier molecular flexibility index (Phi) is 3.13. The molecule has 0 heterocycles. The molecular weight excluding hydrogens is 208 g/mol. The third-order valence-electron chi connectivity index (χ3n) is 2.58. The minimum absolute atomic E-state index is 0.0631. The molecule has 4 nitrogen and oxygen atoms in total. The molecule has 0 aliphatic rings. The first-order chi connectivity index (χ1) is 7.40. The molecule has 1 aromatic carbocycles. The summed E-state index contributed by atoms with van der Waals surface area (Å²) in [6.07, 6.45) is 0. The highest BCUT2D eigenvalue weighted by atomic mass is 16.4. The minimum Gasteiger partial charge on any atom is -0.480 e. The predicted molar refractivity (Wildman–Crippen MR) is 58.9 cm³/mol. The first-order valence-corrected chi connectivity index (χ1v) is 4.62. The number of carboxylic acid groups (broad SMARTS) is 2. The summed E-state index contributed by atoms with van der Waals surface area (Å²) < 4.78 is 0. The van der Waals surface area contributed by atoms with Crippen molar-refractivity contribution in [2.24, 2.45) is 5.41 Å². The number of carbonyl (C=O) groups is 2. The molecule has 2 N–H and O–H groups in total. The van der Waals surface area contributed by atoms with E-state index in [1.807, 2.05) is 0 Å². The van der Waals surface area contributed by atoms with E-state index < -0.39 is 17.4 Å². The van der Waals surface area contributed by atoms with Crippen LogP contribution in [0.1, 0.15) is 12.5 Å². The quantitative estimate of drug-likeness (QED) is 0.759. The van der Waals surface area contributed by atoms with Gasteiger partial charge >= 0.3 is 11.9 Å². The number of aliphatic carboxylic acids is 2. The van der Waals surface area contributed by atoms with E-state index in [-0.39, 0.29) is 5.57 Å². The second kappa shape index (κ2) is 4.18. The summed E-state index contributed by atoms with van der Waals surface area (Å²) in [5, 5.41) is 18.0. The Hall–Kier alpha value is -2.10. The molecule has 0 saturated carbocycles. The smallest absolute Gasteiger partial charge is 0.325 e. The lowest BCUT2D eigenvalue weighted by molar-refractivity contribution is -0.158. The Morgan fingerprint density at radius 1 is 1.12 bits per heavy atom. The molecule has 0 aliphatic carbocycles. The first-order valence-electron chi connectivity index (χ1n) is 4.62. The zero-order valence-electron chi connectivity index (χ0n) is 8.80. The topological polar surface area (TPSA) is 74.6 Å². The van der Waals surface area contributed by atoms with Crippen LogP contribution in [0.2, 0.25) is 0 Å². The van der Waals surface area contributed by atoms with Gasteiger partial charge in [0.1, 0.15) is 0 Å². The molecule has 1 aromatic rings. The average molecular weight is 220 g/mol. The van der Waals surface area contributed by atoms with Crippen LogP contribution >= 0.6 is 0 Å². The van der Waals surface area contributed by atoms with Gasteiger partial charge in [-0.2, -0.15) is 0 Å². The second-order valence-corrected chi connectivity index (χ2v) is 3.58. The van der Waals surface area contributed by atoms with E-state index in [4.69, 9.17) is 10.2 Å². The van der Waals surface area contributed by atoms with Crippen LogP contribution in [0.5, 0.6) is 0 Å². The molecule has 0 aliphatic heterocycles. The Morgan fingerprint density at radius 2 is 1.56 bits per heavy atom. The van der Waals surface area contributed by atoms with Gasteiger partial charge in [0.05, 0.1) is 0 Å². The fourth-order valence-corrected chi connectivity index (χ4v) is 1.28. The monoisotopic (exact) mass is 220 g/mol. The standard InChI is InChI=1S/C12H12O4/c1-8(9-6-4-3-5-7-9)12(2,10(13)14)11(15)16/h3-7H,1H2,2H3,(H,13,14)(H,15,16). The van der Waals surface area contributed by atoms with Gasteiger partial charge < -0.3 is 10.2 Å². The SMILES string of the molecule is C=C(c1ccccc1)C(C)(C(=O)O)C(=O)O. The fourth-order valence-electron chi connectivity index (χ4n) is 1.28. The zero-order valence-corrected chi connectivity index (χ0v) is 8.80. The van der Waals surface area contributed by atoms with E-state index in [2.05, 4.69) is 6.58 Å². The van der Waals surface area contributed by atoms with Gasteiger partial charge in [0.25, 0.3) is 0 Å². The van der Waals surface area contributed by atoms with E-state index in [1.165, 1.54) is 0 Å². The molecule has 4 heteroatoms. The van der Waals surface area contributed by atoms with Gasteiger partial charge in [-0.1, -0.05) is 36.9 Å². The van der Waals surface area contributed by atoms with Crippen LogP contribution < -0.4 is 0 Å². The molecule has 1 rings (SSSR count). The highest BCUT2D eigenvalue weighted by molar-refractivity contribution is 6.09. The van der Waals surface area contributed by atoms with Crippen molar-refractivity contribution in [2.45, 2.75) is 6.92 Å². The van der Waals surface area contributed by atoms with Crippen LogP contribution in [0.3, 0.4) is 0 Å². The van der Waals surface area contributed by atoms with Crippen LogP contribution in [0.25, 0.3) is 5.57 Å². The van der Waals surface area contributed by atoms with Gasteiger partial charge in [0.2, 0.25) is 0 Å². The first kappa shape index (κ1) is 12.0. The van der Waals surface area contributed by atoms with Crippen molar-refractivity contribution in [3.05, 3.63) is 42.5 Å². The van der Waals surface area contributed by atoms with Gasteiger partial charge in [0, 0.05) is 0 Å². The number of hydrogen-bond donors (Lipinski definition) is 2. The van der Waals surface area contributed by atoms with Crippen LogP contribution in [0.15, 0.2) is 36.9 Å². The van der Waals surface area contributed by atoms with Gasteiger partial charge in [-0.05, 0) is 18.1 Å². The summed E-state index contributed by atoms with van der Waals surface area (Å²) in [4.78, 5) is 22.1. The Balaban J connectivity index is 3.22. The normalized spacial score (nSPS) is 10.8. The highest BCUT2D eigenvalue weighted by Gasteiger charge is 2.44. The lowest BCUT2D eigenvalue weighted by Crippen LogP contribution is -2.37. The molecule has 0 aromatic heterocycles. The molecule has 0 unspecified atom stereocenters. The summed E-state index contributed by atoms with van der Waals surface area (Å²) >= 11 is 0. The van der Waals surface area contributed by atoms with E-state index in [0.717, 1.165) is 6.92 Å². The Labute approximate surface area is 92.8 Å². The van der Waals surface area contributed by atoms with E-state index in [1.54, 1.807) is 30.3 Å². The van der Waals surface area contributed by atoms with Gasteiger partial charge in [-0.15, -0.1) is 0 Å². The van der Waals surface area contributed by atoms with Crippen LogP contribution in [-0.2, 0) is 9.59 Å². The van der Waals surface area contributed by atoms with Crippen molar-refractivity contribution in [1.29, 1.82) is 0 Å². The molecule has 16 heavy (non-hydrogen) atoms. The maximum atomic E-state index is 11.0. The number of carboxylic acids is 2. The molecule has 84 valence electrons.